The van der Waals surface area contributed by atoms with Crippen LogP contribution in [0.5, 0.6) is 0 Å². The van der Waals surface area contributed by atoms with Crippen LogP contribution in [0.3, 0.4) is 0 Å². The molecule has 0 spiro atoms. The Kier molecular flexibility index (Phi) is 3.92. The van der Waals surface area contributed by atoms with E-state index >= 15 is 0 Å². The largest absolute Gasteiger partial charge is 0.441 e. The molecule has 1 aromatic heterocycles. The van der Waals surface area contributed by atoms with E-state index < -0.39 is 0 Å². The molecule has 0 aliphatic heterocycles. The van der Waals surface area contributed by atoms with Crippen molar-refractivity contribution in [2.75, 3.05) is 12.4 Å². The molecule has 3 rings (SSSR count). The molecule has 0 amide bonds. The first-order valence-electron chi connectivity index (χ1n) is 7.49. The van der Waals surface area contributed by atoms with Crippen molar-refractivity contribution in [2.45, 2.75) is 51.2 Å². The Labute approximate surface area is 119 Å². The van der Waals surface area contributed by atoms with Gasteiger partial charge in [-0.2, -0.15) is 0 Å². The van der Waals surface area contributed by atoms with Crippen molar-refractivity contribution in [1.29, 1.82) is 0 Å². The first-order chi connectivity index (χ1) is 9.80. The van der Waals surface area contributed by atoms with Crippen LogP contribution >= 0.6 is 0 Å². The molecule has 20 heavy (non-hydrogen) atoms. The van der Waals surface area contributed by atoms with Crippen LogP contribution in [0.25, 0.3) is 11.1 Å². The zero-order valence-electron chi connectivity index (χ0n) is 12.2. The van der Waals surface area contributed by atoms with Gasteiger partial charge in [-0.25, -0.2) is 4.98 Å². The van der Waals surface area contributed by atoms with Crippen LogP contribution < -0.4 is 5.32 Å². The average molecular weight is 274 g/mol. The number of fused-ring (bicyclic) bond motifs is 1. The van der Waals surface area contributed by atoms with Crippen LogP contribution in [0.2, 0.25) is 0 Å². The number of ether oxygens (including phenoxy) is 1. The van der Waals surface area contributed by atoms with Crippen molar-refractivity contribution in [1.82, 2.24) is 4.98 Å². The lowest BCUT2D eigenvalue weighted by molar-refractivity contribution is 0.0606. The Morgan fingerprint density at radius 1 is 1.35 bits per heavy atom. The second-order valence-corrected chi connectivity index (χ2v) is 5.45. The van der Waals surface area contributed by atoms with Crippen molar-refractivity contribution in [2.24, 2.45) is 0 Å². The second-order valence-electron chi connectivity index (χ2n) is 5.45. The summed E-state index contributed by atoms with van der Waals surface area (Å²) >= 11 is 0. The van der Waals surface area contributed by atoms with Crippen LogP contribution in [-0.4, -0.2) is 24.2 Å². The van der Waals surface area contributed by atoms with Gasteiger partial charge in [-0.1, -0.05) is 19.8 Å². The van der Waals surface area contributed by atoms with Gasteiger partial charge in [0.15, 0.2) is 11.5 Å². The van der Waals surface area contributed by atoms with Gasteiger partial charge < -0.3 is 14.5 Å². The van der Waals surface area contributed by atoms with Gasteiger partial charge in [0.2, 0.25) is 0 Å². The van der Waals surface area contributed by atoms with Crippen LogP contribution in [0.1, 0.15) is 38.5 Å². The standard InChI is InChI=1S/C16H22N2O2/c1-3-16-18-13-10-11(8-9-15(13)20-16)17-12-6-4-5-7-14(12)19-2/h8-10,12,14,17H,3-7H2,1-2H3. The lowest BCUT2D eigenvalue weighted by atomic mass is 9.92. The number of nitrogens with zero attached hydrogens (tertiary/aromatic N) is 1. The van der Waals surface area contributed by atoms with Crippen LogP contribution in [-0.2, 0) is 11.2 Å². The monoisotopic (exact) mass is 274 g/mol. The molecule has 0 saturated heterocycles. The maximum Gasteiger partial charge on any atom is 0.195 e. The summed E-state index contributed by atoms with van der Waals surface area (Å²) in [7, 11) is 1.80. The van der Waals surface area contributed by atoms with E-state index in [-0.39, 0.29) is 0 Å². The third-order valence-corrected chi connectivity index (χ3v) is 4.09. The van der Waals surface area contributed by atoms with Gasteiger partial charge in [-0.05, 0) is 31.0 Å². The van der Waals surface area contributed by atoms with E-state index in [1.54, 1.807) is 7.11 Å². The molecule has 0 radical (unpaired) electrons. The molecule has 0 bridgehead atoms. The molecule has 2 unspecified atom stereocenters. The third kappa shape index (κ3) is 2.66. The van der Waals surface area contributed by atoms with Crippen LogP contribution in [0, 0.1) is 0 Å². The minimum atomic E-state index is 0.308. The fraction of sp³-hybridized carbons (Fsp3) is 0.562. The van der Waals surface area contributed by atoms with Gasteiger partial charge in [-0.3, -0.25) is 0 Å². The summed E-state index contributed by atoms with van der Waals surface area (Å²) in [6.45, 7) is 2.05. The molecular weight excluding hydrogens is 252 g/mol. The first kappa shape index (κ1) is 13.4. The lowest BCUT2D eigenvalue weighted by Gasteiger charge is -2.31. The summed E-state index contributed by atoms with van der Waals surface area (Å²) in [5.74, 6) is 0.796. The van der Waals surface area contributed by atoms with Crippen molar-refractivity contribution >= 4 is 16.8 Å². The van der Waals surface area contributed by atoms with E-state index in [1.165, 1.54) is 12.8 Å². The predicted molar refractivity (Wildman–Crippen MR) is 80.1 cm³/mol. The maximum absolute atomic E-state index is 5.64. The number of nitrogens with one attached hydrogen (secondary N) is 1. The van der Waals surface area contributed by atoms with Gasteiger partial charge in [0, 0.05) is 19.2 Å². The predicted octanol–water partition coefficient (Wildman–Crippen LogP) is 3.76. The summed E-state index contributed by atoms with van der Waals surface area (Å²) < 4.78 is 11.2. The van der Waals surface area contributed by atoms with E-state index in [4.69, 9.17) is 9.15 Å². The molecule has 4 heteroatoms. The number of hydrogen-bond donors (Lipinski definition) is 1. The van der Waals surface area contributed by atoms with Gasteiger partial charge in [-0.15, -0.1) is 0 Å². The van der Waals surface area contributed by atoms with E-state index in [2.05, 4.69) is 29.4 Å². The molecule has 4 nitrogen and oxygen atoms in total. The Balaban J connectivity index is 1.79. The SMILES string of the molecule is CCc1nc2cc(NC3CCCCC3OC)ccc2o1. The second kappa shape index (κ2) is 5.83. The Morgan fingerprint density at radius 3 is 3.00 bits per heavy atom. The summed E-state index contributed by atoms with van der Waals surface area (Å²) in [4.78, 5) is 4.49. The summed E-state index contributed by atoms with van der Waals surface area (Å²) in [6, 6.07) is 6.52. The van der Waals surface area contributed by atoms with E-state index in [0.717, 1.165) is 41.9 Å². The molecule has 1 aliphatic carbocycles. The Morgan fingerprint density at radius 2 is 2.20 bits per heavy atom. The van der Waals surface area contributed by atoms with E-state index in [9.17, 15) is 0 Å². The highest BCUT2D eigenvalue weighted by molar-refractivity contribution is 5.77. The molecule has 2 aromatic rings. The number of oxazole rings is 1. The van der Waals surface area contributed by atoms with Crippen molar-refractivity contribution < 1.29 is 9.15 Å². The highest BCUT2D eigenvalue weighted by Crippen LogP contribution is 2.26. The molecule has 1 N–H and O–H groups in total. The molecular formula is C16H22N2O2. The maximum atomic E-state index is 5.64. The van der Waals surface area contributed by atoms with Crippen LogP contribution in [0.4, 0.5) is 5.69 Å². The highest BCUT2D eigenvalue weighted by atomic mass is 16.5. The first-order valence-corrected chi connectivity index (χ1v) is 7.49. The average Bonchev–Trinajstić information content (AvgIpc) is 2.90. The number of hydrogen-bond acceptors (Lipinski definition) is 4. The summed E-state index contributed by atoms with van der Waals surface area (Å²) in [5, 5.41) is 3.59. The summed E-state index contributed by atoms with van der Waals surface area (Å²) in [5.41, 5.74) is 2.89. The zero-order valence-corrected chi connectivity index (χ0v) is 12.2. The number of aryl methyl sites for hydroxylation is 1. The molecule has 1 aliphatic rings. The number of aromatic nitrogens is 1. The number of methoxy groups -OCH3 is 1. The Hall–Kier alpha value is -1.55. The summed E-state index contributed by atoms with van der Waals surface area (Å²) in [6.07, 6.45) is 5.97. The quantitative estimate of drug-likeness (QED) is 0.922. The van der Waals surface area contributed by atoms with E-state index in [0.29, 0.717) is 12.1 Å². The van der Waals surface area contributed by atoms with Gasteiger partial charge in [0.1, 0.15) is 5.52 Å². The smallest absolute Gasteiger partial charge is 0.195 e. The minimum Gasteiger partial charge on any atom is -0.441 e. The van der Waals surface area contributed by atoms with Gasteiger partial charge in [0.05, 0.1) is 12.1 Å². The Bertz CT molecular complexity index is 579. The lowest BCUT2D eigenvalue weighted by Crippen LogP contribution is -2.37. The van der Waals surface area contributed by atoms with Gasteiger partial charge in [0.25, 0.3) is 0 Å². The number of anilines is 1. The minimum absolute atomic E-state index is 0.308. The zero-order chi connectivity index (χ0) is 13.9. The van der Waals surface area contributed by atoms with Crippen molar-refractivity contribution in [3.05, 3.63) is 24.1 Å². The van der Waals surface area contributed by atoms with Crippen molar-refractivity contribution in [3.8, 4) is 0 Å². The molecule has 108 valence electrons. The molecule has 1 fully saturated rings. The van der Waals surface area contributed by atoms with Gasteiger partial charge >= 0.3 is 0 Å². The number of rotatable bonds is 4. The number of benzene rings is 1. The van der Waals surface area contributed by atoms with Crippen molar-refractivity contribution in [3.63, 3.8) is 0 Å². The topological polar surface area (TPSA) is 47.3 Å². The molecule has 1 aromatic carbocycles. The third-order valence-electron chi connectivity index (χ3n) is 4.09. The molecule has 2 atom stereocenters. The van der Waals surface area contributed by atoms with Crippen LogP contribution in [0.15, 0.2) is 22.6 Å². The fourth-order valence-electron chi connectivity index (χ4n) is 2.97. The van der Waals surface area contributed by atoms with E-state index in [1.807, 2.05) is 6.07 Å². The normalized spacial score (nSPS) is 23.1. The molecule has 1 saturated carbocycles. The highest BCUT2D eigenvalue weighted by Gasteiger charge is 2.24. The molecule has 1 heterocycles. The fourth-order valence-corrected chi connectivity index (χ4v) is 2.97.